The van der Waals surface area contributed by atoms with Gasteiger partial charge in [0.2, 0.25) is 5.82 Å². The van der Waals surface area contributed by atoms with Crippen LogP contribution in [-0.4, -0.2) is 27.0 Å². The van der Waals surface area contributed by atoms with E-state index in [9.17, 15) is 4.79 Å². The maximum Gasteiger partial charge on any atom is 0.304 e. The quantitative estimate of drug-likeness (QED) is 0.820. The number of carbonyl (C=O) groups is 1. The summed E-state index contributed by atoms with van der Waals surface area (Å²) in [6.07, 6.45) is 0.0771. The molecule has 5 nitrogen and oxygen atoms in total. The van der Waals surface area contributed by atoms with Crippen LogP contribution >= 0.6 is 11.8 Å². The van der Waals surface area contributed by atoms with Crippen molar-refractivity contribution in [1.29, 1.82) is 0 Å². The van der Waals surface area contributed by atoms with Gasteiger partial charge >= 0.3 is 5.97 Å². The zero-order valence-corrected chi connectivity index (χ0v) is 9.68. The van der Waals surface area contributed by atoms with Crippen LogP contribution in [0.5, 0.6) is 0 Å². The van der Waals surface area contributed by atoms with Crippen LogP contribution in [0.4, 0.5) is 0 Å². The molecule has 1 aromatic heterocycles. The predicted molar refractivity (Wildman–Crippen MR) is 62.7 cm³/mol. The molecule has 6 heteroatoms. The zero-order chi connectivity index (χ0) is 12.1. The molecule has 0 unspecified atom stereocenters. The van der Waals surface area contributed by atoms with Crippen LogP contribution in [0.15, 0.2) is 40.1 Å². The van der Waals surface area contributed by atoms with Crippen LogP contribution < -0.4 is 0 Å². The van der Waals surface area contributed by atoms with Crippen LogP contribution in [0.1, 0.15) is 6.42 Å². The molecule has 0 amide bonds. The smallest absolute Gasteiger partial charge is 0.304 e. The molecule has 0 atom stereocenters. The molecule has 0 aliphatic heterocycles. The van der Waals surface area contributed by atoms with Gasteiger partial charge in [-0.1, -0.05) is 47.3 Å². The summed E-state index contributed by atoms with van der Waals surface area (Å²) < 4.78 is 5.01. The number of rotatable bonds is 5. The number of thioether (sulfide) groups is 1. The molecule has 1 heterocycles. The fourth-order valence-electron chi connectivity index (χ4n) is 1.20. The topological polar surface area (TPSA) is 76.2 Å². The van der Waals surface area contributed by atoms with E-state index in [1.54, 1.807) is 0 Å². The highest BCUT2D eigenvalue weighted by Crippen LogP contribution is 2.21. The molecule has 1 aromatic carbocycles. The highest BCUT2D eigenvalue weighted by Gasteiger charge is 2.09. The van der Waals surface area contributed by atoms with E-state index in [-0.39, 0.29) is 6.42 Å². The normalized spacial score (nSPS) is 10.4. The number of aromatic nitrogens is 2. The number of nitrogens with zero attached hydrogens (tertiary/aromatic N) is 2. The van der Waals surface area contributed by atoms with E-state index in [4.69, 9.17) is 9.63 Å². The number of carboxylic acids is 1. The van der Waals surface area contributed by atoms with Crippen LogP contribution in [-0.2, 0) is 4.79 Å². The molecular formula is C11H10N2O3S. The molecule has 2 rings (SSSR count). The predicted octanol–water partition coefficient (Wildman–Crippen LogP) is 2.30. The molecule has 0 radical (unpaired) electrons. The largest absolute Gasteiger partial charge is 0.481 e. The van der Waals surface area contributed by atoms with E-state index in [0.29, 0.717) is 16.8 Å². The Morgan fingerprint density at radius 1 is 1.35 bits per heavy atom. The third-order valence-corrected chi connectivity index (χ3v) is 2.80. The molecule has 0 bridgehead atoms. The minimum absolute atomic E-state index is 0.0771. The number of benzene rings is 1. The van der Waals surface area contributed by atoms with Crippen molar-refractivity contribution in [3.05, 3.63) is 30.3 Å². The van der Waals surface area contributed by atoms with Crippen LogP contribution in [0, 0.1) is 0 Å². The number of hydrogen-bond acceptors (Lipinski definition) is 5. The third kappa shape index (κ3) is 3.32. The lowest BCUT2D eigenvalue weighted by Crippen LogP contribution is -1.95. The second kappa shape index (κ2) is 5.49. The maximum absolute atomic E-state index is 10.3. The van der Waals surface area contributed by atoms with Crippen molar-refractivity contribution in [2.45, 2.75) is 11.6 Å². The summed E-state index contributed by atoms with van der Waals surface area (Å²) in [4.78, 5) is 14.5. The minimum atomic E-state index is -0.833. The summed E-state index contributed by atoms with van der Waals surface area (Å²) in [5.74, 6) is 0.106. The zero-order valence-electron chi connectivity index (χ0n) is 8.87. The molecule has 1 N–H and O–H groups in total. The molecular weight excluding hydrogens is 240 g/mol. The van der Waals surface area contributed by atoms with Gasteiger partial charge in [0.1, 0.15) is 0 Å². The van der Waals surface area contributed by atoms with Crippen molar-refractivity contribution in [2.24, 2.45) is 0 Å². The molecule has 88 valence electrons. The minimum Gasteiger partial charge on any atom is -0.481 e. The lowest BCUT2D eigenvalue weighted by atomic mass is 10.2. The fourth-order valence-corrected chi connectivity index (χ4v) is 1.89. The Balaban J connectivity index is 1.99. The van der Waals surface area contributed by atoms with E-state index in [2.05, 4.69) is 10.1 Å². The van der Waals surface area contributed by atoms with E-state index >= 15 is 0 Å². The lowest BCUT2D eigenvalue weighted by Gasteiger charge is -1.91. The van der Waals surface area contributed by atoms with E-state index in [1.165, 1.54) is 11.8 Å². The Morgan fingerprint density at radius 2 is 2.12 bits per heavy atom. The van der Waals surface area contributed by atoms with Gasteiger partial charge in [0.15, 0.2) is 0 Å². The summed E-state index contributed by atoms with van der Waals surface area (Å²) in [6.45, 7) is 0. The summed E-state index contributed by atoms with van der Waals surface area (Å²) in [6, 6.07) is 9.46. The van der Waals surface area contributed by atoms with Crippen LogP contribution in [0.2, 0.25) is 0 Å². The summed E-state index contributed by atoms with van der Waals surface area (Å²) in [5.41, 5.74) is 0.876. The Bertz CT molecular complexity index is 498. The first-order chi connectivity index (χ1) is 8.25. The van der Waals surface area contributed by atoms with Gasteiger partial charge in [0.05, 0.1) is 6.42 Å². The number of carboxylic acid groups (broad SMARTS) is 1. The van der Waals surface area contributed by atoms with Gasteiger partial charge in [0, 0.05) is 11.3 Å². The fraction of sp³-hybridized carbons (Fsp3) is 0.182. The number of hydrogen-bond donors (Lipinski definition) is 1. The Hall–Kier alpha value is -1.82. The molecule has 0 spiro atoms. The molecule has 0 aliphatic rings. The van der Waals surface area contributed by atoms with Crippen molar-refractivity contribution >= 4 is 17.7 Å². The van der Waals surface area contributed by atoms with Crippen molar-refractivity contribution in [1.82, 2.24) is 10.1 Å². The third-order valence-electron chi connectivity index (χ3n) is 1.98. The molecule has 0 saturated carbocycles. The highest BCUT2D eigenvalue weighted by atomic mass is 32.2. The van der Waals surface area contributed by atoms with E-state index in [1.807, 2.05) is 30.3 Å². The molecule has 2 aromatic rings. The first kappa shape index (κ1) is 11.7. The van der Waals surface area contributed by atoms with Gasteiger partial charge in [0.25, 0.3) is 5.22 Å². The van der Waals surface area contributed by atoms with Crippen molar-refractivity contribution < 1.29 is 14.4 Å². The van der Waals surface area contributed by atoms with Crippen molar-refractivity contribution in [3.8, 4) is 11.4 Å². The van der Waals surface area contributed by atoms with Gasteiger partial charge in [-0.25, -0.2) is 0 Å². The van der Waals surface area contributed by atoms with Crippen molar-refractivity contribution in [3.63, 3.8) is 0 Å². The average Bonchev–Trinajstić information content (AvgIpc) is 2.78. The van der Waals surface area contributed by atoms with E-state index in [0.717, 1.165) is 5.56 Å². The Morgan fingerprint density at radius 3 is 2.82 bits per heavy atom. The van der Waals surface area contributed by atoms with E-state index < -0.39 is 5.97 Å². The maximum atomic E-state index is 10.3. The van der Waals surface area contributed by atoms with Gasteiger partial charge in [-0.15, -0.1) is 0 Å². The van der Waals surface area contributed by atoms with Crippen LogP contribution in [0.25, 0.3) is 11.4 Å². The second-order valence-corrected chi connectivity index (χ2v) is 4.29. The SMILES string of the molecule is O=C(O)CCSc1nc(-c2ccccc2)no1. The van der Waals surface area contributed by atoms with Crippen molar-refractivity contribution in [2.75, 3.05) is 5.75 Å². The molecule has 0 saturated heterocycles. The monoisotopic (exact) mass is 250 g/mol. The Labute approximate surface area is 102 Å². The Kier molecular flexibility index (Phi) is 3.77. The second-order valence-electron chi connectivity index (χ2n) is 3.24. The standard InChI is InChI=1S/C11H10N2O3S/c14-9(15)6-7-17-11-12-10(13-16-11)8-4-2-1-3-5-8/h1-5H,6-7H2,(H,14,15). The first-order valence-electron chi connectivity index (χ1n) is 4.99. The first-order valence-corrected chi connectivity index (χ1v) is 5.98. The summed E-state index contributed by atoms with van der Waals surface area (Å²) in [7, 11) is 0. The number of aliphatic carboxylic acids is 1. The molecule has 0 fully saturated rings. The molecule has 17 heavy (non-hydrogen) atoms. The van der Waals surface area contributed by atoms with Gasteiger partial charge in [-0.3, -0.25) is 4.79 Å². The average molecular weight is 250 g/mol. The summed E-state index contributed by atoms with van der Waals surface area (Å²) >= 11 is 1.24. The lowest BCUT2D eigenvalue weighted by molar-refractivity contribution is -0.136. The molecule has 0 aliphatic carbocycles. The van der Waals surface area contributed by atoms with Gasteiger partial charge < -0.3 is 9.63 Å². The summed E-state index contributed by atoms with van der Waals surface area (Å²) in [5, 5.41) is 12.7. The highest BCUT2D eigenvalue weighted by molar-refractivity contribution is 7.99. The van der Waals surface area contributed by atoms with Crippen LogP contribution in [0.3, 0.4) is 0 Å². The van der Waals surface area contributed by atoms with Gasteiger partial charge in [-0.2, -0.15) is 4.98 Å². The van der Waals surface area contributed by atoms with Gasteiger partial charge in [-0.05, 0) is 0 Å².